The molecule has 1 atom stereocenters. The van der Waals surface area contributed by atoms with E-state index in [0.717, 1.165) is 5.92 Å². The zero-order valence-electron chi connectivity index (χ0n) is 7.69. The number of thioether (sulfide) groups is 1. The van der Waals surface area contributed by atoms with Crippen LogP contribution >= 0.6 is 11.8 Å². The second-order valence-corrected chi connectivity index (χ2v) is 6.51. The molecule has 0 aromatic carbocycles. The van der Waals surface area contributed by atoms with E-state index in [-0.39, 0.29) is 0 Å². The number of hydrogen-bond donors (Lipinski definition) is 0. The normalized spacial score (nSPS) is 31.5. The molecule has 1 saturated heterocycles. The Labute approximate surface area is 68.8 Å². The third kappa shape index (κ3) is 1.34. The van der Waals surface area contributed by atoms with Gasteiger partial charge in [-0.3, -0.25) is 0 Å². The van der Waals surface area contributed by atoms with Crippen LogP contribution in [-0.4, -0.2) is 10.5 Å². The summed E-state index contributed by atoms with van der Waals surface area (Å²) in [7, 11) is 0. The summed E-state index contributed by atoms with van der Waals surface area (Å²) in [4.78, 5) is 0. The first-order valence-corrected chi connectivity index (χ1v) is 4.96. The number of rotatable bonds is 0. The summed E-state index contributed by atoms with van der Waals surface area (Å²) in [5.74, 6) is 2.27. The Morgan fingerprint density at radius 1 is 1.30 bits per heavy atom. The van der Waals surface area contributed by atoms with Crippen LogP contribution in [0.1, 0.15) is 34.6 Å². The first-order valence-electron chi connectivity index (χ1n) is 3.98. The summed E-state index contributed by atoms with van der Waals surface area (Å²) in [6, 6.07) is 0. The molecule has 0 nitrogen and oxygen atoms in total. The lowest BCUT2D eigenvalue weighted by atomic mass is 9.74. The molecule has 1 unspecified atom stereocenters. The molecule has 0 radical (unpaired) electrons. The highest BCUT2D eigenvalue weighted by Crippen LogP contribution is 2.53. The Kier molecular flexibility index (Phi) is 1.83. The van der Waals surface area contributed by atoms with Gasteiger partial charge in [0, 0.05) is 4.75 Å². The van der Waals surface area contributed by atoms with Gasteiger partial charge < -0.3 is 0 Å². The fourth-order valence-electron chi connectivity index (χ4n) is 1.79. The molecule has 0 saturated carbocycles. The van der Waals surface area contributed by atoms with Crippen molar-refractivity contribution in [2.75, 3.05) is 5.75 Å². The zero-order valence-corrected chi connectivity index (χ0v) is 8.51. The lowest BCUT2D eigenvalue weighted by Crippen LogP contribution is -2.47. The van der Waals surface area contributed by atoms with E-state index < -0.39 is 0 Å². The third-order valence-corrected chi connectivity index (χ3v) is 4.04. The van der Waals surface area contributed by atoms with Gasteiger partial charge in [0.15, 0.2) is 0 Å². The minimum atomic E-state index is 0.509. The summed E-state index contributed by atoms with van der Waals surface area (Å²) < 4.78 is 0.540. The Hall–Kier alpha value is 0.350. The van der Waals surface area contributed by atoms with Gasteiger partial charge in [0.2, 0.25) is 0 Å². The van der Waals surface area contributed by atoms with Crippen molar-refractivity contribution in [3.05, 3.63) is 0 Å². The molecule has 0 spiro atoms. The molecule has 0 aromatic rings. The highest BCUT2D eigenvalue weighted by Gasteiger charge is 2.45. The van der Waals surface area contributed by atoms with Gasteiger partial charge >= 0.3 is 0 Å². The van der Waals surface area contributed by atoms with Gasteiger partial charge in [-0.05, 0) is 17.1 Å². The number of hydrogen-bond acceptors (Lipinski definition) is 1. The lowest BCUT2D eigenvalue weighted by molar-refractivity contribution is 0.204. The van der Waals surface area contributed by atoms with Crippen LogP contribution in [0.5, 0.6) is 0 Å². The summed E-state index contributed by atoms with van der Waals surface area (Å²) >= 11 is 2.10. The molecular weight excluding hydrogens is 140 g/mol. The second kappa shape index (κ2) is 2.17. The van der Waals surface area contributed by atoms with Crippen molar-refractivity contribution in [2.45, 2.75) is 39.4 Å². The topological polar surface area (TPSA) is 0 Å². The molecule has 1 fully saturated rings. The molecule has 1 aliphatic rings. The van der Waals surface area contributed by atoms with Crippen molar-refractivity contribution >= 4 is 11.8 Å². The van der Waals surface area contributed by atoms with Crippen molar-refractivity contribution in [1.82, 2.24) is 0 Å². The molecule has 0 aromatic heterocycles. The van der Waals surface area contributed by atoms with E-state index >= 15 is 0 Å². The fourth-order valence-corrected chi connectivity index (χ4v) is 3.65. The first-order chi connectivity index (χ1) is 4.34. The van der Waals surface area contributed by atoms with Crippen molar-refractivity contribution < 1.29 is 0 Å². The fraction of sp³-hybridized carbons (Fsp3) is 1.00. The van der Waals surface area contributed by atoms with Crippen molar-refractivity contribution in [1.29, 1.82) is 0 Å². The molecule has 1 aliphatic heterocycles. The van der Waals surface area contributed by atoms with E-state index in [2.05, 4.69) is 46.4 Å². The largest absolute Gasteiger partial charge is 0.155 e. The van der Waals surface area contributed by atoms with Crippen molar-refractivity contribution in [3.63, 3.8) is 0 Å². The summed E-state index contributed by atoms with van der Waals surface area (Å²) in [6.07, 6.45) is 0. The van der Waals surface area contributed by atoms with Gasteiger partial charge in [-0.1, -0.05) is 34.6 Å². The van der Waals surface area contributed by atoms with Crippen LogP contribution in [-0.2, 0) is 0 Å². The highest BCUT2D eigenvalue weighted by molar-refractivity contribution is 8.02. The molecule has 1 heterocycles. The maximum absolute atomic E-state index is 2.36. The highest BCUT2D eigenvalue weighted by atomic mass is 32.2. The predicted molar refractivity (Wildman–Crippen MR) is 49.5 cm³/mol. The average Bonchev–Trinajstić information content (AvgIpc) is 1.58. The Balaban J connectivity index is 2.60. The first kappa shape index (κ1) is 8.45. The van der Waals surface area contributed by atoms with E-state index in [1.54, 1.807) is 0 Å². The van der Waals surface area contributed by atoms with Crippen molar-refractivity contribution in [2.24, 2.45) is 11.3 Å². The minimum absolute atomic E-state index is 0.509. The molecule has 0 aliphatic carbocycles. The van der Waals surface area contributed by atoms with Crippen LogP contribution in [0, 0.1) is 11.3 Å². The van der Waals surface area contributed by atoms with Crippen LogP contribution in [0.3, 0.4) is 0 Å². The Morgan fingerprint density at radius 2 is 1.80 bits per heavy atom. The van der Waals surface area contributed by atoms with Crippen molar-refractivity contribution in [3.8, 4) is 0 Å². The van der Waals surface area contributed by atoms with E-state index in [1.807, 2.05) is 0 Å². The molecule has 0 amide bonds. The van der Waals surface area contributed by atoms with Crippen LogP contribution in [0.2, 0.25) is 0 Å². The van der Waals surface area contributed by atoms with Crippen LogP contribution in [0.4, 0.5) is 0 Å². The van der Waals surface area contributed by atoms with E-state index in [9.17, 15) is 0 Å². The molecule has 0 bridgehead atoms. The van der Waals surface area contributed by atoms with Crippen LogP contribution in [0.25, 0.3) is 0 Å². The van der Waals surface area contributed by atoms with Gasteiger partial charge in [-0.15, -0.1) is 0 Å². The average molecular weight is 158 g/mol. The smallest absolute Gasteiger partial charge is 0.0144 e. The summed E-state index contributed by atoms with van der Waals surface area (Å²) in [6.45, 7) is 11.8. The van der Waals surface area contributed by atoms with Gasteiger partial charge in [-0.2, -0.15) is 11.8 Å². The van der Waals surface area contributed by atoms with E-state index in [4.69, 9.17) is 0 Å². The monoisotopic (exact) mass is 158 g/mol. The second-order valence-electron chi connectivity index (χ2n) is 4.83. The van der Waals surface area contributed by atoms with E-state index in [0.29, 0.717) is 10.2 Å². The lowest BCUT2D eigenvalue weighted by Gasteiger charge is -2.51. The van der Waals surface area contributed by atoms with Gasteiger partial charge in [0.05, 0.1) is 0 Å². The SMILES string of the molecule is CC(C)(C)C1CSC1(C)C. The maximum Gasteiger partial charge on any atom is 0.0144 e. The van der Waals surface area contributed by atoms with Gasteiger partial charge in [0.1, 0.15) is 0 Å². The van der Waals surface area contributed by atoms with Gasteiger partial charge in [-0.25, -0.2) is 0 Å². The molecule has 60 valence electrons. The molecule has 1 rings (SSSR count). The Bertz CT molecular complexity index is 120. The Morgan fingerprint density at radius 3 is 1.80 bits per heavy atom. The molecule has 1 heteroatoms. The molecular formula is C9H18S. The van der Waals surface area contributed by atoms with Crippen LogP contribution < -0.4 is 0 Å². The minimum Gasteiger partial charge on any atom is -0.155 e. The van der Waals surface area contributed by atoms with Gasteiger partial charge in [0.25, 0.3) is 0 Å². The zero-order chi connectivity index (χ0) is 7.99. The molecule has 10 heavy (non-hydrogen) atoms. The van der Waals surface area contributed by atoms with Crippen LogP contribution in [0.15, 0.2) is 0 Å². The third-order valence-electron chi connectivity index (χ3n) is 2.51. The quantitative estimate of drug-likeness (QED) is 0.522. The maximum atomic E-state index is 2.36. The standard InChI is InChI=1S/C9H18S/c1-8(2,3)7-6-10-9(7,4)5/h7H,6H2,1-5H3. The summed E-state index contributed by atoms with van der Waals surface area (Å²) in [5.41, 5.74) is 0.509. The van der Waals surface area contributed by atoms with E-state index in [1.165, 1.54) is 5.75 Å². The molecule has 0 N–H and O–H groups in total. The predicted octanol–water partition coefficient (Wildman–Crippen LogP) is 3.17. The summed E-state index contributed by atoms with van der Waals surface area (Å²) in [5, 5.41) is 0.